The molecule has 2 unspecified atom stereocenters. The van der Waals surface area contributed by atoms with Gasteiger partial charge in [-0.25, -0.2) is 19.6 Å². The minimum Gasteiger partial charge on any atom is -0.243 e. The zero-order valence-electron chi connectivity index (χ0n) is 6.76. The predicted molar refractivity (Wildman–Crippen MR) is 53.7 cm³/mol. The number of nitrogens with one attached hydrogen (secondary N) is 2. The van der Waals surface area contributed by atoms with Gasteiger partial charge in [0.15, 0.2) is 5.66 Å². The molecule has 2 nitrogen and oxygen atoms in total. The third-order valence-corrected chi connectivity index (χ3v) is 2.81. The van der Waals surface area contributed by atoms with E-state index in [1.54, 1.807) is 0 Å². The van der Waals surface area contributed by atoms with E-state index in [-0.39, 0.29) is 12.2 Å². The Morgan fingerprint density at radius 2 is 2.08 bits per heavy atom. The fourth-order valence-electron chi connectivity index (χ4n) is 1.04. The molecule has 6 heteroatoms. The van der Waals surface area contributed by atoms with Crippen LogP contribution in [-0.2, 0) is 0 Å². The normalized spacial score (nSPS) is 23.2. The lowest BCUT2D eigenvalue weighted by atomic mass is 10.0. The molecular weight excluding hydrogens is 214 g/mol. The number of hydrogen-bond acceptors (Lipinski definition) is 4. The maximum absolute atomic E-state index is 13.3. The number of rotatable bonds is 5. The summed E-state index contributed by atoms with van der Waals surface area (Å²) in [6.07, 6.45) is 2.10. The van der Waals surface area contributed by atoms with Gasteiger partial charge in [-0.2, -0.15) is 0 Å². The van der Waals surface area contributed by atoms with E-state index in [0.29, 0.717) is 0 Å². The van der Waals surface area contributed by atoms with Gasteiger partial charge in [0.25, 0.3) is 0 Å². The number of alkyl halides is 2. The van der Waals surface area contributed by atoms with Crippen molar-refractivity contribution in [2.75, 3.05) is 5.75 Å². The highest BCUT2D eigenvalue weighted by Gasteiger charge is 2.56. The van der Waals surface area contributed by atoms with Crippen molar-refractivity contribution in [2.45, 2.75) is 24.4 Å². The Hall–Kier alpha value is 0.0400. The molecule has 1 rings (SSSR count). The number of thiol groups is 1. The van der Waals surface area contributed by atoms with Gasteiger partial charge in [0.05, 0.1) is 0 Å². The maximum atomic E-state index is 13.3. The third kappa shape index (κ3) is 2.29. The lowest BCUT2D eigenvalue weighted by molar-refractivity contribution is 0.168. The van der Waals surface area contributed by atoms with Crippen molar-refractivity contribution in [3.8, 4) is 12.3 Å². The lowest BCUT2D eigenvalue weighted by Gasteiger charge is -2.18. The Bertz CT molecular complexity index is 215. The molecule has 13 heavy (non-hydrogen) atoms. The minimum absolute atomic E-state index is 0.0995. The van der Waals surface area contributed by atoms with Gasteiger partial charge in [0.1, 0.15) is 12.3 Å². The second-order valence-electron chi connectivity index (χ2n) is 2.76. The number of halogens is 2. The van der Waals surface area contributed by atoms with E-state index < -0.39 is 18.0 Å². The monoisotopic (exact) mass is 224 g/mol. The van der Waals surface area contributed by atoms with Crippen LogP contribution in [0.25, 0.3) is 0 Å². The van der Waals surface area contributed by atoms with Crippen LogP contribution in [0.3, 0.4) is 0 Å². The van der Waals surface area contributed by atoms with Crippen molar-refractivity contribution in [2.24, 2.45) is 0 Å². The second-order valence-corrected chi connectivity index (χ2v) is 4.12. The summed E-state index contributed by atoms with van der Waals surface area (Å²) in [7, 11) is 1.03. The molecule has 0 aromatic carbocycles. The molecule has 1 aliphatic heterocycles. The highest BCUT2D eigenvalue weighted by molar-refractivity contribution is 8.68. The molecule has 0 radical (unpaired) electrons. The molecule has 1 aliphatic rings. The summed E-state index contributed by atoms with van der Waals surface area (Å²) in [5.74, 6) is 2.28. The zero-order valence-corrected chi connectivity index (χ0v) is 8.47. The van der Waals surface area contributed by atoms with Crippen LogP contribution in [0.2, 0.25) is 0 Å². The summed E-state index contributed by atoms with van der Waals surface area (Å²) < 4.78 is 26.6. The van der Waals surface area contributed by atoms with E-state index in [1.807, 2.05) is 0 Å². The van der Waals surface area contributed by atoms with E-state index in [9.17, 15) is 8.78 Å². The first-order valence-corrected chi connectivity index (χ1v) is 5.73. The molecule has 74 valence electrons. The van der Waals surface area contributed by atoms with Gasteiger partial charge >= 0.3 is 0 Å². The lowest BCUT2D eigenvalue weighted by Crippen LogP contribution is -2.42. The first-order valence-electron chi connectivity index (χ1n) is 3.69. The van der Waals surface area contributed by atoms with Crippen molar-refractivity contribution in [1.82, 2.24) is 10.9 Å². The molecule has 1 heterocycles. The van der Waals surface area contributed by atoms with E-state index >= 15 is 0 Å². The topological polar surface area (TPSA) is 43.9 Å². The van der Waals surface area contributed by atoms with Crippen molar-refractivity contribution < 1.29 is 8.78 Å². The van der Waals surface area contributed by atoms with E-state index in [0.717, 1.165) is 10.8 Å². The molecule has 1 fully saturated rings. The maximum Gasteiger partial charge on any atom is 0.159 e. The molecule has 2 N–H and O–H groups in total. The average Bonchev–Trinajstić information content (AvgIpc) is 2.85. The van der Waals surface area contributed by atoms with Crippen LogP contribution in [0.5, 0.6) is 0 Å². The summed E-state index contributed by atoms with van der Waals surface area (Å²) in [5, 5.41) is 0. The van der Waals surface area contributed by atoms with Crippen LogP contribution in [0.4, 0.5) is 8.78 Å². The SMILES string of the molecule is C#CCC(F)C1(C(F)CSS)NN1. The molecule has 0 amide bonds. The van der Waals surface area contributed by atoms with Gasteiger partial charge in [-0.3, -0.25) is 0 Å². The third-order valence-electron chi connectivity index (χ3n) is 1.92. The van der Waals surface area contributed by atoms with E-state index in [4.69, 9.17) is 6.42 Å². The number of hydrogen-bond donors (Lipinski definition) is 3. The van der Waals surface area contributed by atoms with Crippen molar-refractivity contribution in [3.63, 3.8) is 0 Å². The first kappa shape index (κ1) is 11.1. The van der Waals surface area contributed by atoms with Gasteiger partial charge in [0.2, 0.25) is 0 Å². The largest absolute Gasteiger partial charge is 0.243 e. The van der Waals surface area contributed by atoms with Gasteiger partial charge < -0.3 is 0 Å². The summed E-state index contributed by atoms with van der Waals surface area (Å²) >= 11 is 3.80. The van der Waals surface area contributed by atoms with Crippen molar-refractivity contribution in [1.29, 1.82) is 0 Å². The summed E-state index contributed by atoms with van der Waals surface area (Å²) in [5.41, 5.74) is 3.67. The molecular formula is C7H10F2N2S2. The Morgan fingerprint density at radius 1 is 1.46 bits per heavy atom. The average molecular weight is 224 g/mol. The van der Waals surface area contributed by atoms with Crippen LogP contribution >= 0.6 is 22.5 Å². The fraction of sp³-hybridized carbons (Fsp3) is 0.714. The van der Waals surface area contributed by atoms with Crippen molar-refractivity contribution in [3.05, 3.63) is 0 Å². The number of terminal acetylenes is 1. The van der Waals surface area contributed by atoms with Gasteiger partial charge in [0, 0.05) is 12.2 Å². The van der Waals surface area contributed by atoms with E-state index in [1.165, 1.54) is 0 Å². The standard InChI is InChI=1S/C7H10F2N2S2/c1-2-3-5(8)7(10-11-7)6(9)4-13-12/h1,5-6,10-12H,3-4H2. The first-order chi connectivity index (χ1) is 6.17. The van der Waals surface area contributed by atoms with Crippen molar-refractivity contribution >= 4 is 22.5 Å². The molecule has 2 atom stereocenters. The van der Waals surface area contributed by atoms with Crippen LogP contribution in [0, 0.1) is 12.3 Å². The van der Waals surface area contributed by atoms with Crippen LogP contribution < -0.4 is 10.9 Å². The smallest absolute Gasteiger partial charge is 0.159 e. The highest BCUT2D eigenvalue weighted by atomic mass is 33.1. The Labute approximate surface area is 85.0 Å². The highest BCUT2D eigenvalue weighted by Crippen LogP contribution is 2.30. The summed E-state index contributed by atoms with van der Waals surface area (Å²) in [4.78, 5) is 0. The molecule has 0 aliphatic carbocycles. The summed E-state index contributed by atoms with van der Waals surface area (Å²) in [6.45, 7) is 0. The molecule has 0 spiro atoms. The Balaban J connectivity index is 2.50. The Kier molecular flexibility index (Phi) is 3.86. The van der Waals surface area contributed by atoms with Crippen LogP contribution in [0.1, 0.15) is 6.42 Å². The minimum atomic E-state index is -1.41. The fourth-order valence-corrected chi connectivity index (χ4v) is 1.83. The summed E-state index contributed by atoms with van der Waals surface area (Å²) in [6, 6.07) is 0. The molecule has 0 saturated carbocycles. The molecule has 1 saturated heterocycles. The molecule has 0 aromatic heterocycles. The van der Waals surface area contributed by atoms with Crippen LogP contribution in [-0.4, -0.2) is 23.8 Å². The molecule has 0 bridgehead atoms. The quantitative estimate of drug-likeness (QED) is 0.283. The number of hydrazine groups is 1. The predicted octanol–water partition coefficient (Wildman–Crippen LogP) is 1.07. The zero-order chi connectivity index (χ0) is 9.90. The molecule has 0 aromatic rings. The second kappa shape index (κ2) is 4.51. The van der Waals surface area contributed by atoms with E-state index in [2.05, 4.69) is 28.4 Å². The Morgan fingerprint density at radius 3 is 2.46 bits per heavy atom. The van der Waals surface area contributed by atoms with Gasteiger partial charge in [-0.1, -0.05) is 10.8 Å². The van der Waals surface area contributed by atoms with Crippen LogP contribution in [0.15, 0.2) is 0 Å². The van der Waals surface area contributed by atoms with Gasteiger partial charge in [-0.15, -0.1) is 24.0 Å². The van der Waals surface area contributed by atoms with Gasteiger partial charge in [-0.05, 0) is 0 Å².